The van der Waals surface area contributed by atoms with Crippen molar-refractivity contribution in [2.75, 3.05) is 17.2 Å². The lowest BCUT2D eigenvalue weighted by atomic mass is 10.2. The fraction of sp³-hybridized carbons (Fsp3) is 0.111. The lowest BCUT2D eigenvalue weighted by Gasteiger charge is -2.28. The predicted molar refractivity (Wildman–Crippen MR) is 101 cm³/mol. The van der Waals surface area contributed by atoms with Crippen LogP contribution >= 0.6 is 34.7 Å². The molecule has 6 heteroatoms. The van der Waals surface area contributed by atoms with Gasteiger partial charge in [0.1, 0.15) is 10.7 Å². The maximum absolute atomic E-state index is 12.9. The van der Waals surface area contributed by atoms with E-state index in [2.05, 4.69) is 4.98 Å². The van der Waals surface area contributed by atoms with Gasteiger partial charge in [0.05, 0.1) is 5.69 Å². The summed E-state index contributed by atoms with van der Waals surface area (Å²) in [6, 6.07) is 15.6. The van der Waals surface area contributed by atoms with Crippen LogP contribution in [0.3, 0.4) is 0 Å². The molecule has 0 bridgehead atoms. The zero-order valence-corrected chi connectivity index (χ0v) is 15.0. The van der Waals surface area contributed by atoms with Crippen molar-refractivity contribution in [1.82, 2.24) is 4.98 Å². The summed E-state index contributed by atoms with van der Waals surface area (Å²) in [5.74, 6) is 0.799. The van der Waals surface area contributed by atoms with E-state index in [0.717, 1.165) is 26.9 Å². The molecule has 0 radical (unpaired) electrons. The Morgan fingerprint density at radius 2 is 2.00 bits per heavy atom. The van der Waals surface area contributed by atoms with Gasteiger partial charge in [-0.15, -0.1) is 23.1 Å². The van der Waals surface area contributed by atoms with Gasteiger partial charge in [0, 0.05) is 33.2 Å². The third-order valence-electron chi connectivity index (χ3n) is 3.77. The van der Waals surface area contributed by atoms with Crippen LogP contribution in [0, 0.1) is 0 Å². The van der Waals surface area contributed by atoms with Crippen molar-refractivity contribution < 1.29 is 4.79 Å². The van der Waals surface area contributed by atoms with Crippen LogP contribution in [0.5, 0.6) is 0 Å². The monoisotopic (exact) mass is 372 g/mol. The van der Waals surface area contributed by atoms with E-state index in [-0.39, 0.29) is 5.91 Å². The summed E-state index contributed by atoms with van der Waals surface area (Å²) in [5, 5.41) is 3.32. The van der Waals surface area contributed by atoms with Crippen LogP contribution in [0.4, 0.5) is 5.69 Å². The normalized spacial score (nSPS) is 13.6. The summed E-state index contributed by atoms with van der Waals surface area (Å²) in [6.45, 7) is 0.662. The molecule has 0 N–H and O–H groups in total. The van der Waals surface area contributed by atoms with Crippen molar-refractivity contribution in [3.05, 3.63) is 64.6 Å². The number of amides is 1. The molecule has 24 heavy (non-hydrogen) atoms. The van der Waals surface area contributed by atoms with Gasteiger partial charge < -0.3 is 4.90 Å². The van der Waals surface area contributed by atoms with E-state index in [1.54, 1.807) is 16.7 Å². The lowest BCUT2D eigenvalue weighted by molar-refractivity contribution is 0.0983. The largest absolute Gasteiger partial charge is 0.305 e. The van der Waals surface area contributed by atoms with Gasteiger partial charge in [-0.3, -0.25) is 4.79 Å². The van der Waals surface area contributed by atoms with E-state index in [0.29, 0.717) is 17.3 Å². The second kappa shape index (κ2) is 6.59. The van der Waals surface area contributed by atoms with Crippen molar-refractivity contribution in [2.45, 2.75) is 4.90 Å². The zero-order valence-electron chi connectivity index (χ0n) is 12.6. The Morgan fingerprint density at radius 1 is 1.17 bits per heavy atom. The minimum Gasteiger partial charge on any atom is -0.305 e. The first-order chi connectivity index (χ1) is 11.7. The molecule has 1 aliphatic heterocycles. The van der Waals surface area contributed by atoms with Crippen LogP contribution < -0.4 is 4.90 Å². The molecule has 1 aliphatic rings. The molecule has 120 valence electrons. The van der Waals surface area contributed by atoms with Gasteiger partial charge in [0.2, 0.25) is 0 Å². The van der Waals surface area contributed by atoms with Crippen molar-refractivity contribution in [3.63, 3.8) is 0 Å². The Labute approximate surface area is 153 Å². The zero-order chi connectivity index (χ0) is 16.5. The smallest absolute Gasteiger partial charge is 0.277 e. The molecular weight excluding hydrogens is 360 g/mol. The molecule has 0 saturated carbocycles. The summed E-state index contributed by atoms with van der Waals surface area (Å²) in [7, 11) is 0. The molecule has 0 saturated heterocycles. The second-order valence-electron chi connectivity index (χ2n) is 5.32. The predicted octanol–water partition coefficient (Wildman–Crippen LogP) is 5.22. The highest BCUT2D eigenvalue weighted by Gasteiger charge is 2.26. The van der Waals surface area contributed by atoms with Gasteiger partial charge in [-0.2, -0.15) is 0 Å². The maximum Gasteiger partial charge on any atom is 0.277 e. The molecule has 0 aliphatic carbocycles. The van der Waals surface area contributed by atoms with Crippen LogP contribution in [0.25, 0.3) is 10.6 Å². The molecule has 2 aromatic carbocycles. The average Bonchev–Trinajstić information content (AvgIpc) is 3.11. The fourth-order valence-electron chi connectivity index (χ4n) is 2.63. The quantitative estimate of drug-likeness (QED) is 0.618. The molecule has 0 fully saturated rings. The number of anilines is 1. The second-order valence-corrected chi connectivity index (χ2v) is 7.75. The van der Waals surface area contributed by atoms with Crippen LogP contribution in [-0.2, 0) is 0 Å². The molecule has 1 aromatic heterocycles. The third kappa shape index (κ3) is 2.95. The van der Waals surface area contributed by atoms with Crippen molar-refractivity contribution in [1.29, 1.82) is 0 Å². The third-order valence-corrected chi connectivity index (χ3v) is 5.94. The Bertz CT molecular complexity index is 895. The number of carbonyl (C=O) groups is 1. The minimum absolute atomic E-state index is 0.0720. The number of benzene rings is 2. The molecular formula is C18H13ClN2OS2. The summed E-state index contributed by atoms with van der Waals surface area (Å²) in [4.78, 5) is 20.3. The first-order valence-corrected chi connectivity index (χ1v) is 9.72. The lowest BCUT2D eigenvalue weighted by Crippen LogP contribution is -2.35. The number of hydrogen-bond donors (Lipinski definition) is 0. The molecule has 3 aromatic rings. The molecule has 4 rings (SSSR count). The van der Waals surface area contributed by atoms with Gasteiger partial charge in [-0.1, -0.05) is 41.9 Å². The highest BCUT2D eigenvalue weighted by Crippen LogP contribution is 2.37. The van der Waals surface area contributed by atoms with Crippen LogP contribution in [-0.4, -0.2) is 23.2 Å². The number of carbonyl (C=O) groups excluding carboxylic acids is 1. The maximum atomic E-state index is 12.9. The first-order valence-electron chi connectivity index (χ1n) is 7.47. The Hall–Kier alpha value is -1.82. The topological polar surface area (TPSA) is 33.2 Å². The van der Waals surface area contributed by atoms with Crippen molar-refractivity contribution >= 4 is 46.3 Å². The van der Waals surface area contributed by atoms with Gasteiger partial charge in [-0.05, 0) is 18.2 Å². The number of rotatable bonds is 2. The Balaban J connectivity index is 1.66. The summed E-state index contributed by atoms with van der Waals surface area (Å²) in [5.41, 5.74) is 2.38. The highest BCUT2D eigenvalue weighted by atomic mass is 35.5. The fourth-order valence-corrected chi connectivity index (χ4v) is 4.57. The van der Waals surface area contributed by atoms with E-state index in [1.807, 2.05) is 53.9 Å². The van der Waals surface area contributed by atoms with Crippen LogP contribution in [0.1, 0.15) is 10.5 Å². The minimum atomic E-state index is -0.0720. The van der Waals surface area contributed by atoms with Gasteiger partial charge in [-0.25, -0.2) is 4.98 Å². The molecule has 0 unspecified atom stereocenters. The number of hydrogen-bond acceptors (Lipinski definition) is 4. The van der Waals surface area contributed by atoms with Crippen molar-refractivity contribution in [3.8, 4) is 10.6 Å². The summed E-state index contributed by atoms with van der Waals surface area (Å²) < 4.78 is 0. The Morgan fingerprint density at radius 3 is 2.83 bits per heavy atom. The molecule has 0 spiro atoms. The standard InChI is InChI=1S/C18H13ClN2OS2/c19-13-6-7-16-15(10-13)21(8-9-23-16)18(22)14-11-24-17(20-14)12-4-2-1-3-5-12/h1-7,10-11H,8-9H2. The van der Waals surface area contributed by atoms with Crippen LogP contribution in [0.15, 0.2) is 58.8 Å². The van der Waals surface area contributed by atoms with E-state index in [1.165, 1.54) is 11.3 Å². The molecule has 3 nitrogen and oxygen atoms in total. The number of thiazole rings is 1. The van der Waals surface area contributed by atoms with E-state index < -0.39 is 0 Å². The number of fused-ring (bicyclic) bond motifs is 1. The number of halogens is 1. The molecule has 2 heterocycles. The van der Waals surface area contributed by atoms with Gasteiger partial charge >= 0.3 is 0 Å². The van der Waals surface area contributed by atoms with Gasteiger partial charge in [0.15, 0.2) is 0 Å². The van der Waals surface area contributed by atoms with Gasteiger partial charge in [0.25, 0.3) is 5.91 Å². The Kier molecular flexibility index (Phi) is 4.31. The summed E-state index contributed by atoms with van der Waals surface area (Å²) in [6.07, 6.45) is 0. The SMILES string of the molecule is O=C(c1csc(-c2ccccc2)n1)N1CCSc2ccc(Cl)cc21. The van der Waals surface area contributed by atoms with Crippen LogP contribution in [0.2, 0.25) is 5.02 Å². The molecule has 0 atom stereocenters. The van der Waals surface area contributed by atoms with Crippen molar-refractivity contribution in [2.24, 2.45) is 0 Å². The molecule has 1 amide bonds. The van der Waals surface area contributed by atoms with E-state index in [9.17, 15) is 4.79 Å². The summed E-state index contributed by atoms with van der Waals surface area (Å²) >= 11 is 9.35. The van der Waals surface area contributed by atoms with E-state index >= 15 is 0 Å². The first kappa shape index (κ1) is 15.7. The number of aromatic nitrogens is 1. The average molecular weight is 373 g/mol. The number of nitrogens with zero attached hydrogens (tertiary/aromatic N) is 2. The number of thioether (sulfide) groups is 1. The van der Waals surface area contributed by atoms with E-state index in [4.69, 9.17) is 11.6 Å². The highest BCUT2D eigenvalue weighted by molar-refractivity contribution is 7.99.